The van der Waals surface area contributed by atoms with Crippen LogP contribution >= 0.6 is 0 Å². The topological polar surface area (TPSA) is 545 Å². The summed E-state index contributed by atoms with van der Waals surface area (Å²) in [6, 6.07) is 4.41. The predicted octanol–water partition coefficient (Wildman–Crippen LogP) is -8.93. The van der Waals surface area contributed by atoms with Crippen molar-refractivity contribution >= 4 is 58.6 Å². The first kappa shape index (κ1) is 72.9. The number of rotatable bonds is 6. The zero-order valence-corrected chi connectivity index (χ0v) is 31.0. The van der Waals surface area contributed by atoms with Gasteiger partial charge in [0.1, 0.15) is 0 Å². The van der Waals surface area contributed by atoms with Gasteiger partial charge in [0.05, 0.1) is 54.9 Å². The smallest absolute Gasteiger partial charge is 0.550 e. The summed E-state index contributed by atoms with van der Waals surface area (Å²) in [5, 5.41) is 97.7. The number of carbonyl (C=O) groups is 6. The van der Waals surface area contributed by atoms with Crippen molar-refractivity contribution in [2.75, 3.05) is 0 Å². The standard InChI is InChI=1S/2C7H4N2O6.4C2H4O2.2Gd.4H2O/c2*10-7(11)5-2-1-4(8(12)13)3-6(5)9(14)15;4*1-2(3)4;;;;;;/h2*1-3H,(H,10,11);4*1H3,(H,3,4);;;4*1H2/q;;;;;;2*+3;;;;/p-2. The maximum absolute atomic E-state index is 10.4. The first-order valence-corrected chi connectivity index (χ1v) is 10.8. The van der Waals surface area contributed by atoms with E-state index in [4.69, 9.17) is 39.6 Å². The Bertz CT molecular complexity index is 1340. The maximum atomic E-state index is 10.4. The van der Waals surface area contributed by atoms with Crippen molar-refractivity contribution in [3.63, 3.8) is 0 Å². The van der Waals surface area contributed by atoms with Crippen LogP contribution in [0, 0.1) is 120 Å². The molecule has 2 radical (unpaired) electrons. The summed E-state index contributed by atoms with van der Waals surface area (Å²) in [5.41, 5.74) is -4.19. The second kappa shape index (κ2) is 39.1. The van der Waals surface area contributed by atoms with Crippen molar-refractivity contribution in [3.05, 3.63) is 88.0 Å². The Kier molecular flexibility index (Phi) is 54.9. The number of carbonyl (C=O) groups excluding carboxylic acids is 6. The third kappa shape index (κ3) is 43.4. The molecule has 0 spiro atoms. The van der Waals surface area contributed by atoms with Crippen LogP contribution in [0.3, 0.4) is 0 Å². The Hall–Kier alpha value is -4.65. The second-order valence-electron chi connectivity index (χ2n) is 6.97. The van der Waals surface area contributed by atoms with Crippen LogP contribution in [0.25, 0.3) is 0 Å². The Morgan fingerprint density at radius 2 is 0.596 bits per heavy atom. The van der Waals surface area contributed by atoms with Crippen LogP contribution < -0.4 is 30.6 Å². The van der Waals surface area contributed by atoms with Crippen LogP contribution in [0.2, 0.25) is 0 Å². The van der Waals surface area contributed by atoms with Crippen molar-refractivity contribution in [1.82, 2.24) is 0 Å². The van der Waals surface area contributed by atoms with E-state index in [-0.39, 0.29) is 102 Å². The van der Waals surface area contributed by atoms with Crippen molar-refractivity contribution in [2.45, 2.75) is 27.7 Å². The number of hydrogen-bond acceptors (Lipinski definition) is 20. The van der Waals surface area contributed by atoms with Gasteiger partial charge in [-0.25, -0.2) is 0 Å². The van der Waals surface area contributed by atoms with Crippen molar-refractivity contribution in [2.24, 2.45) is 0 Å². The molecule has 0 bridgehead atoms. The normalized spacial score (nSPS) is 7.46. The number of aliphatic carboxylic acids is 4. The average molecular weight is 1050 g/mol. The molecule has 294 valence electrons. The molecular formula is C22H30Gd2N4O24+4. The van der Waals surface area contributed by atoms with Gasteiger partial charge in [0.25, 0.3) is 22.7 Å². The first-order chi connectivity index (χ1) is 20.8. The number of carboxylic acids is 6. The minimum absolute atomic E-state index is 0. The summed E-state index contributed by atoms with van der Waals surface area (Å²) in [6.07, 6.45) is 0. The summed E-state index contributed by atoms with van der Waals surface area (Å²) in [5.74, 6) is -7.84. The van der Waals surface area contributed by atoms with Crippen LogP contribution in [0.15, 0.2) is 36.4 Å². The average Bonchev–Trinajstić information content (AvgIpc) is 2.86. The SMILES string of the molecule is CC(=O)[O-].CC(=O)[O-].CC(=O)[O-].CC(=O)[O-].O=C([O-])c1ccc([N+](=O)[O-])cc1[N+](=O)[O-].O=C([O-])c1ccc([N+](=O)[O-])cc1[N+](=O)[O-].[Gd+3].[Gd+3].[OH3+].[OH3+].[OH3+].[OH3+]. The largest absolute Gasteiger partial charge is 3.00 e. The molecule has 0 atom stereocenters. The Labute approximate surface area is 352 Å². The van der Waals surface area contributed by atoms with Crippen LogP contribution in [0.1, 0.15) is 48.4 Å². The van der Waals surface area contributed by atoms with E-state index in [1.807, 2.05) is 0 Å². The van der Waals surface area contributed by atoms with Gasteiger partial charge in [-0.3, -0.25) is 40.5 Å². The number of nitro benzene ring substituents is 4. The minimum atomic E-state index is -1.75. The van der Waals surface area contributed by atoms with Crippen LogP contribution in [-0.4, -0.2) is 55.5 Å². The van der Waals surface area contributed by atoms with E-state index < -0.39 is 89.4 Å². The predicted molar refractivity (Wildman–Crippen MR) is 150 cm³/mol. The molecule has 0 amide bonds. The summed E-state index contributed by atoms with van der Waals surface area (Å²) in [6.45, 7) is 3.89. The third-order valence-electron chi connectivity index (χ3n) is 3.22. The van der Waals surface area contributed by atoms with E-state index in [0.717, 1.165) is 52.0 Å². The number of aromatic carboxylic acids is 2. The van der Waals surface area contributed by atoms with E-state index >= 15 is 0 Å². The van der Waals surface area contributed by atoms with Crippen molar-refractivity contribution < 1.29 is 181 Å². The van der Waals surface area contributed by atoms with Crippen LogP contribution in [-0.2, 0) is 41.1 Å². The number of carboxylic acid groups (broad SMARTS) is 6. The number of non-ortho nitro benzene ring substituents is 2. The van der Waals surface area contributed by atoms with Gasteiger partial charge in [0.2, 0.25) is 0 Å². The Balaban J connectivity index is -0.0000000557. The quantitative estimate of drug-likeness (QED) is 0.147. The zero-order valence-electron chi connectivity index (χ0n) is 26.4. The Morgan fingerprint density at radius 1 is 0.423 bits per heavy atom. The van der Waals surface area contributed by atoms with Crippen molar-refractivity contribution in [3.8, 4) is 0 Å². The molecule has 0 aliphatic rings. The van der Waals surface area contributed by atoms with Gasteiger partial charge in [-0.15, -0.1) is 0 Å². The number of nitro groups is 4. The second-order valence-corrected chi connectivity index (χ2v) is 6.97. The summed E-state index contributed by atoms with van der Waals surface area (Å²) >= 11 is 0. The van der Waals surface area contributed by atoms with E-state index in [1.165, 1.54) is 0 Å². The maximum Gasteiger partial charge on any atom is 3.00 e. The Morgan fingerprint density at radius 3 is 0.712 bits per heavy atom. The molecule has 30 heteroatoms. The molecule has 0 aliphatic heterocycles. The van der Waals surface area contributed by atoms with E-state index in [1.54, 1.807) is 0 Å². The number of hydrogen-bond donors (Lipinski definition) is 0. The molecule has 2 aromatic carbocycles. The molecule has 52 heavy (non-hydrogen) atoms. The molecule has 0 saturated carbocycles. The fourth-order valence-electron chi connectivity index (χ4n) is 1.91. The van der Waals surface area contributed by atoms with E-state index in [2.05, 4.69) is 0 Å². The molecular weight excluding hydrogens is 1020 g/mol. The van der Waals surface area contributed by atoms with Gasteiger partial charge < -0.3 is 81.3 Å². The van der Waals surface area contributed by atoms with Gasteiger partial charge in [0, 0.05) is 36.0 Å². The van der Waals surface area contributed by atoms with Gasteiger partial charge in [-0.2, -0.15) is 0 Å². The zero-order chi connectivity index (χ0) is 37.5. The van der Waals surface area contributed by atoms with Crippen LogP contribution in [0.5, 0.6) is 0 Å². The molecule has 0 saturated heterocycles. The van der Waals surface area contributed by atoms with Crippen LogP contribution in [0.4, 0.5) is 22.7 Å². The number of benzene rings is 2. The van der Waals surface area contributed by atoms with Gasteiger partial charge in [-0.1, -0.05) is 0 Å². The summed E-state index contributed by atoms with van der Waals surface area (Å²) in [4.78, 5) is 94.0. The monoisotopic (exact) mass is 1050 g/mol. The molecule has 0 aliphatic carbocycles. The fraction of sp³-hybridized carbons (Fsp3) is 0.182. The molecule has 12 N–H and O–H groups in total. The molecule has 0 unspecified atom stereocenters. The molecule has 0 aromatic heterocycles. The molecule has 28 nitrogen and oxygen atoms in total. The molecule has 2 aromatic rings. The number of nitrogens with zero attached hydrogens (tertiary/aromatic N) is 4. The van der Waals surface area contributed by atoms with Gasteiger partial charge in [0.15, 0.2) is 0 Å². The molecule has 0 heterocycles. The van der Waals surface area contributed by atoms with E-state index in [9.17, 15) is 60.3 Å². The summed E-state index contributed by atoms with van der Waals surface area (Å²) in [7, 11) is 0. The van der Waals surface area contributed by atoms with E-state index in [0.29, 0.717) is 12.1 Å². The van der Waals surface area contributed by atoms with Gasteiger partial charge >= 0.3 is 79.9 Å². The first-order valence-electron chi connectivity index (χ1n) is 10.8. The minimum Gasteiger partial charge on any atom is -0.550 e. The molecule has 2 rings (SSSR count). The fourth-order valence-corrected chi connectivity index (χ4v) is 1.91. The molecule has 0 fully saturated rings. The van der Waals surface area contributed by atoms with Gasteiger partial charge in [-0.05, 0) is 39.8 Å². The van der Waals surface area contributed by atoms with Crippen molar-refractivity contribution in [1.29, 1.82) is 0 Å². The third-order valence-corrected chi connectivity index (χ3v) is 3.22. The summed E-state index contributed by atoms with van der Waals surface area (Å²) < 4.78 is 0.